The molecule has 1 aromatic heterocycles. The average molecular weight is 491 g/mol. The second-order valence-corrected chi connectivity index (χ2v) is 7.98. The minimum absolute atomic E-state index is 0. The van der Waals surface area contributed by atoms with Gasteiger partial charge in [0.15, 0.2) is 5.96 Å². The molecule has 0 radical (unpaired) electrons. The molecule has 0 amide bonds. The number of rotatable bonds is 8. The van der Waals surface area contributed by atoms with E-state index in [9.17, 15) is 8.42 Å². The van der Waals surface area contributed by atoms with Crippen LogP contribution in [0.1, 0.15) is 18.1 Å². The first-order chi connectivity index (χ1) is 12.0. The van der Waals surface area contributed by atoms with Crippen molar-refractivity contribution in [2.75, 3.05) is 25.1 Å². The van der Waals surface area contributed by atoms with E-state index in [1.165, 1.54) is 6.26 Å². The van der Waals surface area contributed by atoms with Gasteiger partial charge < -0.3 is 10.6 Å². The summed E-state index contributed by atoms with van der Waals surface area (Å²) in [7, 11) is -2.99. The predicted molar refractivity (Wildman–Crippen MR) is 116 cm³/mol. The van der Waals surface area contributed by atoms with Crippen LogP contribution in [0.4, 0.5) is 0 Å². The van der Waals surface area contributed by atoms with Gasteiger partial charge in [0.1, 0.15) is 9.84 Å². The molecule has 0 saturated carbocycles. The lowest BCUT2D eigenvalue weighted by Crippen LogP contribution is -2.39. The molecule has 0 aliphatic heterocycles. The molecule has 0 unspecified atom stereocenters. The fourth-order valence-electron chi connectivity index (χ4n) is 2.30. The van der Waals surface area contributed by atoms with Crippen molar-refractivity contribution in [2.24, 2.45) is 4.99 Å². The molecule has 2 rings (SSSR count). The molecule has 1 heterocycles. The van der Waals surface area contributed by atoms with E-state index in [0.29, 0.717) is 32.1 Å². The third kappa shape index (κ3) is 8.17. The lowest BCUT2D eigenvalue weighted by molar-refractivity contribution is 0.600. The molecule has 0 bridgehead atoms. The van der Waals surface area contributed by atoms with E-state index in [0.717, 1.165) is 11.1 Å². The Balaban J connectivity index is 0.00000338. The number of halogens is 1. The Hall–Kier alpha value is -1.62. The molecular formula is C17H26IN5O2S. The molecule has 0 saturated heterocycles. The van der Waals surface area contributed by atoms with Crippen LogP contribution >= 0.6 is 24.0 Å². The third-order valence-corrected chi connectivity index (χ3v) is 4.47. The normalized spacial score (nSPS) is 11.7. The zero-order valence-corrected chi connectivity index (χ0v) is 18.2. The lowest BCUT2D eigenvalue weighted by Gasteiger charge is -2.12. The summed E-state index contributed by atoms with van der Waals surface area (Å²) in [4.78, 5) is 4.56. The minimum Gasteiger partial charge on any atom is -0.357 e. The number of sulfone groups is 1. The van der Waals surface area contributed by atoms with Crippen LogP contribution in [0.25, 0.3) is 0 Å². The first-order valence-corrected chi connectivity index (χ1v) is 10.3. The quantitative estimate of drug-likeness (QED) is 0.333. The number of hydrogen-bond donors (Lipinski definition) is 2. The zero-order chi connectivity index (χ0) is 18.1. The van der Waals surface area contributed by atoms with Gasteiger partial charge in [0.25, 0.3) is 0 Å². The maximum atomic E-state index is 11.2. The maximum absolute atomic E-state index is 11.2. The van der Waals surface area contributed by atoms with Gasteiger partial charge in [-0.2, -0.15) is 5.10 Å². The fourth-order valence-corrected chi connectivity index (χ4v) is 2.77. The molecule has 9 heteroatoms. The monoisotopic (exact) mass is 491 g/mol. The molecule has 0 aliphatic rings. The summed E-state index contributed by atoms with van der Waals surface area (Å²) in [6.07, 6.45) is 4.91. The van der Waals surface area contributed by atoms with Crippen LogP contribution < -0.4 is 10.6 Å². The van der Waals surface area contributed by atoms with Crippen molar-refractivity contribution >= 4 is 39.8 Å². The minimum atomic E-state index is -2.99. The molecule has 26 heavy (non-hydrogen) atoms. The van der Waals surface area contributed by atoms with Crippen molar-refractivity contribution in [3.63, 3.8) is 0 Å². The fraction of sp³-hybridized carbons (Fsp3) is 0.412. The highest BCUT2D eigenvalue weighted by molar-refractivity contribution is 14.0. The number of hydrogen-bond acceptors (Lipinski definition) is 4. The molecule has 7 nitrogen and oxygen atoms in total. The number of nitrogens with zero attached hydrogens (tertiary/aromatic N) is 3. The lowest BCUT2D eigenvalue weighted by atomic mass is 10.1. The molecule has 2 aromatic rings. The topological polar surface area (TPSA) is 88.4 Å². The molecule has 144 valence electrons. The molecular weight excluding hydrogens is 465 g/mol. The van der Waals surface area contributed by atoms with Crippen molar-refractivity contribution in [3.05, 3.63) is 53.9 Å². The second kappa shape index (κ2) is 11.2. The van der Waals surface area contributed by atoms with Crippen molar-refractivity contribution in [1.82, 2.24) is 20.4 Å². The molecule has 0 atom stereocenters. The van der Waals surface area contributed by atoms with Gasteiger partial charge in [0.05, 0.1) is 18.8 Å². The first-order valence-electron chi connectivity index (χ1n) is 8.22. The standard InChI is InChI=1S/C17H25N5O2S.HI/c1-3-18-17(19-10-12-25(2,23)24)20-13-15-7-4-5-8-16(15)14-22-11-6-9-21-22;/h4-9,11H,3,10,12-14H2,1-2H3,(H2,18,19,20);1H. The summed E-state index contributed by atoms with van der Waals surface area (Å²) in [5, 5.41) is 10.4. The largest absolute Gasteiger partial charge is 0.357 e. The van der Waals surface area contributed by atoms with E-state index in [1.807, 2.05) is 42.1 Å². The van der Waals surface area contributed by atoms with Crippen LogP contribution in [0, 0.1) is 0 Å². The van der Waals surface area contributed by atoms with Crippen molar-refractivity contribution in [3.8, 4) is 0 Å². The number of guanidine groups is 1. The summed E-state index contributed by atoms with van der Waals surface area (Å²) in [6.45, 7) is 4.21. The first kappa shape index (κ1) is 22.4. The SMILES string of the molecule is CCNC(=NCc1ccccc1Cn1cccn1)NCCS(C)(=O)=O.I. The summed E-state index contributed by atoms with van der Waals surface area (Å²) in [5.41, 5.74) is 2.26. The Kier molecular flexibility index (Phi) is 9.63. The Bertz CT molecular complexity index is 791. The van der Waals surface area contributed by atoms with Gasteiger partial charge in [-0.25, -0.2) is 13.4 Å². The maximum Gasteiger partial charge on any atom is 0.191 e. The molecule has 0 fully saturated rings. The van der Waals surface area contributed by atoms with E-state index in [2.05, 4.69) is 26.8 Å². The number of aromatic nitrogens is 2. The van der Waals surface area contributed by atoms with Crippen LogP contribution in [0.3, 0.4) is 0 Å². The van der Waals surface area contributed by atoms with Gasteiger partial charge >= 0.3 is 0 Å². The molecule has 2 N–H and O–H groups in total. The van der Waals surface area contributed by atoms with Crippen LogP contribution in [0.15, 0.2) is 47.7 Å². The van der Waals surface area contributed by atoms with Gasteiger partial charge in [-0.3, -0.25) is 4.68 Å². The summed E-state index contributed by atoms with van der Waals surface area (Å²) in [5.74, 6) is 0.688. The Labute approximate surface area is 172 Å². The summed E-state index contributed by atoms with van der Waals surface area (Å²) >= 11 is 0. The van der Waals surface area contributed by atoms with E-state index >= 15 is 0 Å². The summed E-state index contributed by atoms with van der Waals surface area (Å²) in [6, 6.07) is 10.00. The van der Waals surface area contributed by atoms with Gasteiger partial charge in [-0.15, -0.1) is 24.0 Å². The number of aliphatic imine (C=N–C) groups is 1. The zero-order valence-electron chi connectivity index (χ0n) is 15.1. The van der Waals surface area contributed by atoms with Gasteiger partial charge in [-0.1, -0.05) is 24.3 Å². The van der Waals surface area contributed by atoms with Crippen molar-refractivity contribution in [2.45, 2.75) is 20.0 Å². The van der Waals surface area contributed by atoms with Gasteiger partial charge in [0, 0.05) is 31.7 Å². The Morgan fingerprint density at radius 2 is 1.92 bits per heavy atom. The Morgan fingerprint density at radius 1 is 1.19 bits per heavy atom. The van der Waals surface area contributed by atoms with Gasteiger partial charge in [-0.05, 0) is 24.1 Å². The Morgan fingerprint density at radius 3 is 2.54 bits per heavy atom. The van der Waals surface area contributed by atoms with Crippen LogP contribution in [-0.2, 0) is 22.9 Å². The third-order valence-electron chi connectivity index (χ3n) is 3.53. The van der Waals surface area contributed by atoms with Crippen molar-refractivity contribution in [1.29, 1.82) is 0 Å². The molecule has 0 spiro atoms. The number of benzene rings is 1. The second-order valence-electron chi connectivity index (χ2n) is 5.72. The summed E-state index contributed by atoms with van der Waals surface area (Å²) < 4.78 is 24.3. The highest BCUT2D eigenvalue weighted by Gasteiger charge is 2.05. The smallest absolute Gasteiger partial charge is 0.191 e. The number of nitrogens with one attached hydrogen (secondary N) is 2. The average Bonchev–Trinajstić information content (AvgIpc) is 3.05. The van der Waals surface area contributed by atoms with Crippen LogP contribution in [0.5, 0.6) is 0 Å². The van der Waals surface area contributed by atoms with E-state index in [4.69, 9.17) is 0 Å². The highest BCUT2D eigenvalue weighted by atomic mass is 127. The van der Waals surface area contributed by atoms with Crippen molar-refractivity contribution < 1.29 is 8.42 Å². The van der Waals surface area contributed by atoms with E-state index in [-0.39, 0.29) is 29.7 Å². The molecule has 0 aliphatic carbocycles. The van der Waals surface area contributed by atoms with E-state index < -0.39 is 9.84 Å². The predicted octanol–water partition coefficient (Wildman–Crippen LogP) is 1.65. The van der Waals surface area contributed by atoms with Crippen LogP contribution in [0.2, 0.25) is 0 Å². The van der Waals surface area contributed by atoms with Gasteiger partial charge in [0.2, 0.25) is 0 Å². The van der Waals surface area contributed by atoms with Crippen LogP contribution in [-0.4, -0.2) is 49.3 Å². The molecule has 1 aromatic carbocycles. The highest BCUT2D eigenvalue weighted by Crippen LogP contribution is 2.11. The van der Waals surface area contributed by atoms with E-state index in [1.54, 1.807) is 6.20 Å².